The van der Waals surface area contributed by atoms with E-state index in [1.165, 1.54) is 18.3 Å². The summed E-state index contributed by atoms with van der Waals surface area (Å²) in [6, 6.07) is 19.6. The van der Waals surface area contributed by atoms with Gasteiger partial charge in [0.05, 0.1) is 20.3 Å². The largest absolute Gasteiger partial charge is 0.481 e. The molecule has 1 saturated carbocycles. The molecule has 1 fully saturated rings. The van der Waals surface area contributed by atoms with E-state index in [1.54, 1.807) is 6.07 Å². The summed E-state index contributed by atoms with van der Waals surface area (Å²) in [5.41, 5.74) is 2.45. The smallest absolute Gasteiger partial charge is 0.412 e. The fraction of sp³-hybridized carbons (Fsp3) is 0.172. The molecule has 0 bridgehead atoms. The number of benzene rings is 3. The van der Waals surface area contributed by atoms with Crippen LogP contribution < -0.4 is 5.32 Å². The Kier molecular flexibility index (Phi) is 6.94. The Morgan fingerprint density at radius 1 is 1.03 bits per heavy atom. The summed E-state index contributed by atoms with van der Waals surface area (Å²) in [6.45, 7) is 1.44. The first-order valence-electron chi connectivity index (χ1n) is 11.8. The lowest BCUT2D eigenvalue weighted by Gasteiger charge is -2.17. The van der Waals surface area contributed by atoms with Crippen LogP contribution in [-0.4, -0.2) is 17.2 Å². The predicted molar refractivity (Wildman–Crippen MR) is 144 cm³/mol. The molecule has 0 spiro atoms. The Hall–Kier alpha value is -3.75. The van der Waals surface area contributed by atoms with Gasteiger partial charge in [0, 0.05) is 11.1 Å². The third kappa shape index (κ3) is 5.01. The molecule has 1 heterocycles. The maximum atomic E-state index is 14.2. The lowest BCUT2D eigenvalue weighted by Crippen LogP contribution is -2.19. The van der Waals surface area contributed by atoms with Gasteiger partial charge in [-0.05, 0) is 66.8 Å². The van der Waals surface area contributed by atoms with E-state index in [1.807, 2.05) is 48.5 Å². The Morgan fingerprint density at radius 2 is 1.76 bits per heavy atom. The minimum atomic E-state index is -1.06. The van der Waals surface area contributed by atoms with E-state index in [2.05, 4.69) is 5.32 Å². The van der Waals surface area contributed by atoms with Crippen molar-refractivity contribution in [2.75, 3.05) is 5.32 Å². The van der Waals surface area contributed by atoms with Crippen molar-refractivity contribution < 1.29 is 28.2 Å². The fourth-order valence-electron chi connectivity index (χ4n) is 4.49. The van der Waals surface area contributed by atoms with Crippen LogP contribution in [0.15, 0.2) is 72.8 Å². The van der Waals surface area contributed by atoms with E-state index in [0.29, 0.717) is 38.9 Å². The van der Waals surface area contributed by atoms with Crippen molar-refractivity contribution in [1.29, 1.82) is 0 Å². The molecular formula is C29H22ClF2NO4S. The van der Waals surface area contributed by atoms with Crippen LogP contribution in [0.3, 0.4) is 0 Å². The fourth-order valence-corrected chi connectivity index (χ4v) is 5.70. The first kappa shape index (κ1) is 25.9. The summed E-state index contributed by atoms with van der Waals surface area (Å²) >= 11 is 7.59. The molecule has 0 radical (unpaired) electrons. The zero-order chi connectivity index (χ0) is 27.0. The number of ether oxygens (including phenoxy) is 1. The van der Waals surface area contributed by atoms with Crippen LogP contribution in [0.2, 0.25) is 4.34 Å². The third-order valence-electron chi connectivity index (χ3n) is 6.68. The van der Waals surface area contributed by atoms with Crippen LogP contribution in [0.4, 0.5) is 19.3 Å². The maximum absolute atomic E-state index is 14.2. The Morgan fingerprint density at radius 3 is 2.45 bits per heavy atom. The van der Waals surface area contributed by atoms with Crippen LogP contribution in [0, 0.1) is 11.6 Å². The molecule has 38 heavy (non-hydrogen) atoms. The summed E-state index contributed by atoms with van der Waals surface area (Å²) in [5.74, 6) is -2.21. The van der Waals surface area contributed by atoms with Gasteiger partial charge in [-0.25, -0.2) is 13.6 Å². The number of hydrogen-bond acceptors (Lipinski definition) is 4. The molecule has 0 saturated heterocycles. The van der Waals surface area contributed by atoms with Crippen LogP contribution in [0.25, 0.3) is 21.6 Å². The van der Waals surface area contributed by atoms with Gasteiger partial charge in [0.15, 0.2) is 0 Å². The van der Waals surface area contributed by atoms with Crippen molar-refractivity contribution in [1.82, 2.24) is 0 Å². The first-order chi connectivity index (χ1) is 18.2. The van der Waals surface area contributed by atoms with E-state index in [0.717, 1.165) is 29.3 Å². The molecule has 1 amide bonds. The topological polar surface area (TPSA) is 75.6 Å². The number of carboxylic acid groups (broad SMARTS) is 1. The number of amides is 1. The maximum Gasteiger partial charge on any atom is 0.412 e. The van der Waals surface area contributed by atoms with Gasteiger partial charge in [-0.3, -0.25) is 10.1 Å². The summed E-state index contributed by atoms with van der Waals surface area (Å²) in [7, 11) is 0. The standard InChI is InChI=1S/C29H22ClF2NO4S/c1-16(21-14-19(31)8-10-23(21)32)37-28(36)33-24-15-25(30)38-26(24)22-13-18(29(11-12-29)27(34)35)7-9-20(22)17-5-3-2-4-6-17/h2-10,13-16H,11-12H2,1H3,(H,33,36)(H,34,35). The normalized spacial score (nSPS) is 14.5. The number of halogens is 3. The van der Waals surface area contributed by atoms with Gasteiger partial charge in [0.25, 0.3) is 0 Å². The average Bonchev–Trinajstić information content (AvgIpc) is 3.63. The van der Waals surface area contributed by atoms with Crippen molar-refractivity contribution in [2.45, 2.75) is 31.3 Å². The van der Waals surface area contributed by atoms with Crippen LogP contribution in [0.5, 0.6) is 0 Å². The van der Waals surface area contributed by atoms with Gasteiger partial charge in [-0.1, -0.05) is 54.1 Å². The number of aliphatic carboxylic acids is 1. The summed E-state index contributed by atoms with van der Waals surface area (Å²) in [4.78, 5) is 25.4. The summed E-state index contributed by atoms with van der Waals surface area (Å²) in [6.07, 6.45) is -0.844. The summed E-state index contributed by atoms with van der Waals surface area (Å²) < 4.78 is 33.5. The van der Waals surface area contributed by atoms with E-state index >= 15 is 0 Å². The highest BCUT2D eigenvalue weighted by molar-refractivity contribution is 7.20. The van der Waals surface area contributed by atoms with Gasteiger partial charge < -0.3 is 9.84 Å². The first-order valence-corrected chi connectivity index (χ1v) is 13.0. The number of carbonyl (C=O) groups is 2. The monoisotopic (exact) mass is 553 g/mol. The molecule has 1 aromatic heterocycles. The van der Waals surface area contributed by atoms with Crippen LogP contribution in [-0.2, 0) is 14.9 Å². The SMILES string of the molecule is CC(OC(=O)Nc1cc(Cl)sc1-c1cc(C2(C(=O)O)CC2)ccc1-c1ccccc1)c1cc(F)ccc1F. The molecule has 9 heteroatoms. The molecular weight excluding hydrogens is 532 g/mol. The second-order valence-corrected chi connectivity index (χ2v) is 10.8. The zero-order valence-electron chi connectivity index (χ0n) is 20.1. The Labute approximate surface area is 226 Å². The number of carboxylic acids is 1. The van der Waals surface area contributed by atoms with Gasteiger partial charge in [-0.2, -0.15) is 0 Å². The molecule has 194 valence electrons. The molecule has 1 aliphatic rings. The van der Waals surface area contributed by atoms with E-state index < -0.39 is 35.2 Å². The number of anilines is 1. The zero-order valence-corrected chi connectivity index (χ0v) is 21.7. The second kappa shape index (κ2) is 10.2. The van der Waals surface area contributed by atoms with Crippen molar-refractivity contribution in [2.24, 2.45) is 0 Å². The van der Waals surface area contributed by atoms with Gasteiger partial charge in [0.2, 0.25) is 0 Å². The minimum absolute atomic E-state index is 0.0915. The number of rotatable bonds is 7. The van der Waals surface area contributed by atoms with E-state index in [9.17, 15) is 23.5 Å². The van der Waals surface area contributed by atoms with Gasteiger partial charge >= 0.3 is 12.1 Å². The molecule has 5 rings (SSSR count). The number of hydrogen-bond donors (Lipinski definition) is 2. The molecule has 1 atom stereocenters. The highest BCUT2D eigenvalue weighted by atomic mass is 35.5. The van der Waals surface area contributed by atoms with Crippen molar-refractivity contribution >= 4 is 40.7 Å². The summed E-state index contributed by atoms with van der Waals surface area (Å²) in [5, 5.41) is 12.5. The second-order valence-electron chi connectivity index (χ2n) is 9.15. The highest BCUT2D eigenvalue weighted by Gasteiger charge is 2.52. The molecule has 4 aromatic rings. The Balaban J connectivity index is 1.51. The molecule has 5 nitrogen and oxygen atoms in total. The quantitative estimate of drug-likeness (QED) is 0.241. The van der Waals surface area contributed by atoms with Crippen molar-refractivity contribution in [3.63, 3.8) is 0 Å². The lowest BCUT2D eigenvalue weighted by molar-refractivity contribution is -0.140. The number of nitrogens with one attached hydrogen (secondary N) is 1. The lowest BCUT2D eigenvalue weighted by atomic mass is 9.89. The van der Waals surface area contributed by atoms with Crippen molar-refractivity contribution in [3.8, 4) is 21.6 Å². The molecule has 2 N–H and O–H groups in total. The Bertz CT molecular complexity index is 1540. The van der Waals surface area contributed by atoms with Crippen LogP contribution >= 0.6 is 22.9 Å². The molecule has 1 aliphatic carbocycles. The minimum Gasteiger partial charge on any atom is -0.481 e. The number of thiophene rings is 1. The molecule has 1 unspecified atom stereocenters. The van der Waals surface area contributed by atoms with Crippen LogP contribution in [0.1, 0.15) is 37.0 Å². The van der Waals surface area contributed by atoms with E-state index in [4.69, 9.17) is 16.3 Å². The molecule has 3 aromatic carbocycles. The average molecular weight is 554 g/mol. The third-order valence-corrected chi connectivity index (χ3v) is 7.98. The van der Waals surface area contributed by atoms with Crippen molar-refractivity contribution in [3.05, 3.63) is 99.9 Å². The van der Waals surface area contributed by atoms with Gasteiger partial charge in [0.1, 0.15) is 17.7 Å². The highest BCUT2D eigenvalue weighted by Crippen LogP contribution is 2.51. The number of carbonyl (C=O) groups excluding carboxylic acids is 1. The van der Waals surface area contributed by atoms with Gasteiger partial charge in [-0.15, -0.1) is 11.3 Å². The van der Waals surface area contributed by atoms with E-state index in [-0.39, 0.29) is 5.56 Å². The predicted octanol–water partition coefficient (Wildman–Crippen LogP) is 8.44. The molecule has 0 aliphatic heterocycles.